The summed E-state index contributed by atoms with van der Waals surface area (Å²) >= 11 is 0. The van der Waals surface area contributed by atoms with Gasteiger partial charge in [-0.1, -0.05) is 0 Å². The smallest absolute Gasteiger partial charge is 0.274 e. The molecular formula is C11H20N2O5S. The molecule has 0 atom stereocenters. The first-order valence-corrected chi connectivity index (χ1v) is 7.38. The van der Waals surface area contributed by atoms with Crippen molar-refractivity contribution in [3.05, 3.63) is 17.9 Å². The van der Waals surface area contributed by atoms with Crippen molar-refractivity contribution >= 4 is 10.0 Å². The van der Waals surface area contributed by atoms with E-state index in [1.807, 2.05) is 0 Å². The summed E-state index contributed by atoms with van der Waals surface area (Å²) in [5.74, 6) is 0.569. The lowest BCUT2D eigenvalue weighted by atomic mass is 10.4. The molecule has 0 amide bonds. The predicted molar refractivity (Wildman–Crippen MR) is 69.4 cm³/mol. The molecule has 0 saturated heterocycles. The van der Waals surface area contributed by atoms with E-state index in [1.165, 1.54) is 6.07 Å². The Kier molecular flexibility index (Phi) is 7.03. The van der Waals surface area contributed by atoms with Gasteiger partial charge in [-0.05, 0) is 19.2 Å². The Balaban J connectivity index is 2.38. The minimum atomic E-state index is -3.61. The van der Waals surface area contributed by atoms with Crippen LogP contribution in [0.2, 0.25) is 0 Å². The molecular weight excluding hydrogens is 272 g/mol. The third-order valence-electron chi connectivity index (χ3n) is 2.22. The van der Waals surface area contributed by atoms with Crippen LogP contribution in [-0.2, 0) is 26.0 Å². The van der Waals surface area contributed by atoms with Gasteiger partial charge in [-0.2, -0.15) is 0 Å². The van der Waals surface area contributed by atoms with Crippen molar-refractivity contribution in [3.63, 3.8) is 0 Å². The van der Waals surface area contributed by atoms with Gasteiger partial charge in [-0.25, -0.2) is 13.1 Å². The van der Waals surface area contributed by atoms with Crippen LogP contribution in [0.25, 0.3) is 0 Å². The van der Waals surface area contributed by atoms with Crippen molar-refractivity contribution in [2.24, 2.45) is 0 Å². The highest BCUT2D eigenvalue weighted by Gasteiger charge is 2.17. The van der Waals surface area contributed by atoms with Crippen molar-refractivity contribution < 1.29 is 22.3 Å². The molecule has 0 aliphatic carbocycles. The minimum absolute atomic E-state index is 0.0883. The molecule has 1 aromatic rings. The van der Waals surface area contributed by atoms with E-state index in [0.717, 1.165) is 0 Å². The Morgan fingerprint density at radius 2 is 2.05 bits per heavy atom. The third-order valence-corrected chi connectivity index (χ3v) is 3.56. The number of sulfonamides is 1. The standard InChI is InChI=1S/C11H20N2O5S/c1-12-9-10-3-4-11(18-10)19(14,15)13-5-6-17-8-7-16-2/h3-4,12-13H,5-9H2,1-2H3. The maximum Gasteiger partial charge on any atom is 0.274 e. The summed E-state index contributed by atoms with van der Waals surface area (Å²) < 4.78 is 41.2. The summed E-state index contributed by atoms with van der Waals surface area (Å²) in [6.07, 6.45) is 0. The molecule has 0 aromatic carbocycles. The van der Waals surface area contributed by atoms with Crippen LogP contribution in [-0.4, -0.2) is 48.9 Å². The molecule has 1 heterocycles. The van der Waals surface area contributed by atoms with Crippen LogP contribution in [0.3, 0.4) is 0 Å². The Labute approximate surface area is 113 Å². The van der Waals surface area contributed by atoms with Gasteiger partial charge in [0.15, 0.2) is 0 Å². The average Bonchev–Trinajstić information content (AvgIpc) is 2.83. The van der Waals surface area contributed by atoms with Crippen LogP contribution in [0, 0.1) is 0 Å². The molecule has 1 rings (SSSR count). The highest BCUT2D eigenvalue weighted by molar-refractivity contribution is 7.89. The second kappa shape index (κ2) is 8.28. The molecule has 0 bridgehead atoms. The quantitative estimate of drug-likeness (QED) is 0.587. The van der Waals surface area contributed by atoms with Gasteiger partial charge in [0.25, 0.3) is 10.0 Å². The highest BCUT2D eigenvalue weighted by Crippen LogP contribution is 2.13. The van der Waals surface area contributed by atoms with E-state index in [2.05, 4.69) is 10.0 Å². The van der Waals surface area contributed by atoms with E-state index < -0.39 is 10.0 Å². The summed E-state index contributed by atoms with van der Waals surface area (Å²) in [4.78, 5) is 0. The van der Waals surface area contributed by atoms with Gasteiger partial charge in [0, 0.05) is 13.7 Å². The van der Waals surface area contributed by atoms with Crippen LogP contribution in [0.15, 0.2) is 21.6 Å². The lowest BCUT2D eigenvalue weighted by Gasteiger charge is -2.05. The lowest BCUT2D eigenvalue weighted by Crippen LogP contribution is -2.27. The van der Waals surface area contributed by atoms with Crippen molar-refractivity contribution in [2.45, 2.75) is 11.6 Å². The zero-order valence-electron chi connectivity index (χ0n) is 11.1. The minimum Gasteiger partial charge on any atom is -0.447 e. The number of hydrogen-bond acceptors (Lipinski definition) is 6. The molecule has 1 aromatic heterocycles. The molecule has 0 unspecified atom stereocenters. The Bertz CT molecular complexity index is 457. The van der Waals surface area contributed by atoms with Crippen molar-refractivity contribution in [2.75, 3.05) is 40.5 Å². The maximum atomic E-state index is 11.8. The monoisotopic (exact) mass is 292 g/mol. The molecule has 0 radical (unpaired) electrons. The summed E-state index contributed by atoms with van der Waals surface area (Å²) in [6.45, 7) is 1.88. The molecule has 0 aliphatic rings. The van der Waals surface area contributed by atoms with Crippen molar-refractivity contribution in [1.29, 1.82) is 0 Å². The molecule has 0 fully saturated rings. The first-order valence-electron chi connectivity index (χ1n) is 5.90. The number of rotatable bonds is 10. The Morgan fingerprint density at radius 1 is 1.26 bits per heavy atom. The number of methoxy groups -OCH3 is 1. The van der Waals surface area contributed by atoms with Crippen LogP contribution in [0.4, 0.5) is 0 Å². The molecule has 2 N–H and O–H groups in total. The van der Waals surface area contributed by atoms with Gasteiger partial charge < -0.3 is 19.2 Å². The molecule has 0 saturated carbocycles. The van der Waals surface area contributed by atoms with Gasteiger partial charge in [-0.15, -0.1) is 0 Å². The summed E-state index contributed by atoms with van der Waals surface area (Å²) in [6, 6.07) is 3.06. The van der Waals surface area contributed by atoms with E-state index in [9.17, 15) is 8.42 Å². The van der Waals surface area contributed by atoms with Crippen LogP contribution >= 0.6 is 0 Å². The lowest BCUT2D eigenvalue weighted by molar-refractivity contribution is 0.0736. The fourth-order valence-corrected chi connectivity index (χ4v) is 2.29. The van der Waals surface area contributed by atoms with E-state index in [0.29, 0.717) is 25.5 Å². The fourth-order valence-electron chi connectivity index (χ4n) is 1.34. The SMILES string of the molecule is CNCc1ccc(S(=O)(=O)NCCOCCOC)o1. The summed E-state index contributed by atoms with van der Waals surface area (Å²) in [5, 5.41) is 2.79. The molecule has 19 heavy (non-hydrogen) atoms. The van der Waals surface area contributed by atoms with Gasteiger partial charge >= 0.3 is 0 Å². The first kappa shape index (κ1) is 16.1. The predicted octanol–water partition coefficient (Wildman–Crippen LogP) is -0.0597. The number of furan rings is 1. The first-order chi connectivity index (χ1) is 9.10. The van der Waals surface area contributed by atoms with E-state index in [1.54, 1.807) is 20.2 Å². The van der Waals surface area contributed by atoms with Crippen LogP contribution < -0.4 is 10.0 Å². The van der Waals surface area contributed by atoms with E-state index >= 15 is 0 Å². The summed E-state index contributed by atoms with van der Waals surface area (Å²) in [7, 11) is -0.275. The Hall–Kier alpha value is -0.930. The zero-order chi connectivity index (χ0) is 14.1. The molecule has 7 nitrogen and oxygen atoms in total. The van der Waals surface area contributed by atoms with Gasteiger partial charge in [0.2, 0.25) is 5.09 Å². The van der Waals surface area contributed by atoms with E-state index in [4.69, 9.17) is 13.9 Å². The molecule has 0 aliphatic heterocycles. The topological polar surface area (TPSA) is 89.8 Å². The second-order valence-electron chi connectivity index (χ2n) is 3.75. The van der Waals surface area contributed by atoms with Crippen molar-refractivity contribution in [1.82, 2.24) is 10.0 Å². The third kappa shape index (κ3) is 5.70. The number of hydrogen-bond donors (Lipinski definition) is 2. The van der Waals surface area contributed by atoms with Crippen LogP contribution in [0.5, 0.6) is 0 Å². The Morgan fingerprint density at radius 3 is 2.74 bits per heavy atom. The highest BCUT2D eigenvalue weighted by atomic mass is 32.2. The largest absolute Gasteiger partial charge is 0.447 e. The van der Waals surface area contributed by atoms with Gasteiger partial charge in [0.1, 0.15) is 5.76 Å². The second-order valence-corrected chi connectivity index (χ2v) is 5.45. The van der Waals surface area contributed by atoms with Gasteiger partial charge in [0.05, 0.1) is 26.4 Å². The maximum absolute atomic E-state index is 11.8. The van der Waals surface area contributed by atoms with Crippen molar-refractivity contribution in [3.8, 4) is 0 Å². The van der Waals surface area contributed by atoms with Crippen LogP contribution in [0.1, 0.15) is 5.76 Å². The van der Waals surface area contributed by atoms with Gasteiger partial charge in [-0.3, -0.25) is 0 Å². The summed E-state index contributed by atoms with van der Waals surface area (Å²) in [5.41, 5.74) is 0. The molecule has 0 spiro atoms. The average molecular weight is 292 g/mol. The molecule has 8 heteroatoms. The number of ether oxygens (including phenoxy) is 2. The fraction of sp³-hybridized carbons (Fsp3) is 0.636. The normalized spacial score (nSPS) is 11.9. The molecule has 110 valence electrons. The van der Waals surface area contributed by atoms with E-state index in [-0.39, 0.29) is 18.2 Å². The number of nitrogens with one attached hydrogen (secondary N) is 2. The zero-order valence-corrected chi connectivity index (χ0v) is 12.0.